The van der Waals surface area contributed by atoms with Crippen LogP contribution in [-0.4, -0.2) is 37.8 Å². The van der Waals surface area contributed by atoms with Gasteiger partial charge in [-0.1, -0.05) is 67.6 Å². The first kappa shape index (κ1) is 25.9. The average Bonchev–Trinajstić information content (AvgIpc) is 2.84. The third-order valence-corrected chi connectivity index (χ3v) is 8.21. The number of hydrogen-bond acceptors (Lipinski definition) is 3. The van der Waals surface area contributed by atoms with Crippen LogP contribution in [0.15, 0.2) is 89.3 Å². The van der Waals surface area contributed by atoms with Gasteiger partial charge in [0.05, 0.1) is 10.5 Å². The lowest BCUT2D eigenvalue weighted by Crippen LogP contribution is -2.49. The summed E-state index contributed by atoms with van der Waals surface area (Å²) < 4.78 is 27.9. The normalized spacial score (nSPS) is 15.7. The molecule has 180 valence electrons. The topological polar surface area (TPSA) is 57.7 Å². The molecule has 0 spiro atoms. The van der Waals surface area contributed by atoms with Gasteiger partial charge >= 0.3 is 0 Å². The van der Waals surface area contributed by atoms with E-state index in [0.29, 0.717) is 30.8 Å². The Morgan fingerprint density at radius 2 is 1.71 bits per heavy atom. The highest BCUT2D eigenvalue weighted by atomic mass is 35.5. The van der Waals surface area contributed by atoms with Gasteiger partial charge in [-0.2, -0.15) is 4.31 Å². The van der Waals surface area contributed by atoms with Crippen molar-refractivity contribution in [3.8, 4) is 0 Å². The predicted molar refractivity (Wildman–Crippen MR) is 140 cm³/mol. The van der Waals surface area contributed by atoms with Crippen LogP contribution in [0.4, 0.5) is 5.69 Å². The number of benzene rings is 2. The number of rotatable bonds is 8. The van der Waals surface area contributed by atoms with Gasteiger partial charge in [-0.15, -0.1) is 0 Å². The summed E-state index contributed by atoms with van der Waals surface area (Å²) in [5, 5.41) is 0.137. The molecule has 3 rings (SSSR count). The molecule has 0 N–H and O–H groups in total. The fraction of sp³-hybridized carbons (Fsp3) is 0.296. The largest absolute Gasteiger partial charge is 0.305 e. The molecule has 1 aliphatic rings. The van der Waals surface area contributed by atoms with E-state index in [-0.39, 0.29) is 22.6 Å². The van der Waals surface area contributed by atoms with Gasteiger partial charge in [-0.05, 0) is 62.1 Å². The Balaban J connectivity index is 1.86. The molecular weight excluding hydrogens is 468 g/mol. The molecule has 0 aliphatic carbocycles. The summed E-state index contributed by atoms with van der Waals surface area (Å²) >= 11 is 6.14. The quantitative estimate of drug-likeness (QED) is 0.351. The van der Waals surface area contributed by atoms with Crippen molar-refractivity contribution < 1.29 is 13.2 Å². The molecule has 1 saturated heterocycles. The molecule has 0 atom stereocenters. The third-order valence-electron chi connectivity index (χ3n) is 6.10. The maximum absolute atomic E-state index is 13.6. The molecule has 1 amide bonds. The Morgan fingerprint density at radius 3 is 2.21 bits per heavy atom. The molecule has 0 unspecified atom stereocenters. The average molecular weight is 499 g/mol. The van der Waals surface area contributed by atoms with Crippen molar-refractivity contribution in [3.05, 3.63) is 95.6 Å². The Kier molecular flexibility index (Phi) is 8.52. The van der Waals surface area contributed by atoms with E-state index >= 15 is 0 Å². The van der Waals surface area contributed by atoms with Crippen molar-refractivity contribution in [2.45, 2.75) is 44.0 Å². The molecule has 34 heavy (non-hydrogen) atoms. The highest BCUT2D eigenvalue weighted by Crippen LogP contribution is 2.30. The van der Waals surface area contributed by atoms with Crippen LogP contribution in [0.2, 0.25) is 0 Å². The van der Waals surface area contributed by atoms with Crippen LogP contribution in [0, 0.1) is 6.92 Å². The molecule has 0 radical (unpaired) electrons. The summed E-state index contributed by atoms with van der Waals surface area (Å²) in [5.41, 5.74) is 3.17. The number of sulfonamides is 1. The molecule has 7 heteroatoms. The summed E-state index contributed by atoms with van der Waals surface area (Å²) in [7, 11) is -3.60. The van der Waals surface area contributed by atoms with Gasteiger partial charge in [0.2, 0.25) is 10.0 Å². The first-order valence-corrected chi connectivity index (χ1v) is 13.2. The second kappa shape index (κ2) is 11.2. The molecule has 5 nitrogen and oxygen atoms in total. The summed E-state index contributed by atoms with van der Waals surface area (Å²) in [6.45, 7) is 12.1. The fourth-order valence-electron chi connectivity index (χ4n) is 4.11. The number of halogens is 1. The van der Waals surface area contributed by atoms with E-state index in [1.165, 1.54) is 10.4 Å². The van der Waals surface area contributed by atoms with Crippen molar-refractivity contribution >= 4 is 33.2 Å². The van der Waals surface area contributed by atoms with E-state index in [4.69, 9.17) is 11.6 Å². The number of carbonyl (C=O) groups is 1. The number of anilines is 1. The number of aryl methyl sites for hydroxylation is 2. The minimum Gasteiger partial charge on any atom is -0.305 e. The number of piperidine rings is 1. The van der Waals surface area contributed by atoms with Crippen molar-refractivity contribution in [3.63, 3.8) is 0 Å². The third kappa shape index (κ3) is 5.69. The lowest BCUT2D eigenvalue weighted by Gasteiger charge is -2.38. The Morgan fingerprint density at radius 1 is 1.12 bits per heavy atom. The minimum atomic E-state index is -3.60. The first-order chi connectivity index (χ1) is 16.2. The molecule has 2 aromatic rings. The van der Waals surface area contributed by atoms with E-state index in [2.05, 4.69) is 13.2 Å². The molecule has 0 bridgehead atoms. The maximum atomic E-state index is 13.6. The van der Waals surface area contributed by atoms with E-state index in [0.717, 1.165) is 23.2 Å². The van der Waals surface area contributed by atoms with Crippen LogP contribution >= 0.6 is 11.6 Å². The van der Waals surface area contributed by atoms with Gasteiger partial charge in [-0.25, -0.2) is 8.42 Å². The van der Waals surface area contributed by atoms with Crippen molar-refractivity contribution in [2.24, 2.45) is 0 Å². The molecule has 0 saturated carbocycles. The molecule has 1 fully saturated rings. The predicted octanol–water partition coefficient (Wildman–Crippen LogP) is 5.61. The molecule has 2 aromatic carbocycles. The van der Waals surface area contributed by atoms with E-state index in [1.807, 2.05) is 50.2 Å². The van der Waals surface area contributed by atoms with E-state index < -0.39 is 10.0 Å². The Hall–Kier alpha value is -2.67. The van der Waals surface area contributed by atoms with Crippen LogP contribution in [0.25, 0.3) is 0 Å². The summed E-state index contributed by atoms with van der Waals surface area (Å²) in [4.78, 5) is 15.6. The zero-order valence-electron chi connectivity index (χ0n) is 19.7. The summed E-state index contributed by atoms with van der Waals surface area (Å²) in [6.07, 6.45) is 4.92. The summed E-state index contributed by atoms with van der Waals surface area (Å²) in [6, 6.07) is 14.5. The highest BCUT2D eigenvalue weighted by Gasteiger charge is 2.35. The maximum Gasteiger partial charge on any atom is 0.260 e. The zero-order valence-corrected chi connectivity index (χ0v) is 21.3. The van der Waals surface area contributed by atoms with Gasteiger partial charge in [0.25, 0.3) is 5.91 Å². The minimum absolute atomic E-state index is 0.137. The van der Waals surface area contributed by atoms with Crippen molar-refractivity contribution in [2.75, 3.05) is 18.0 Å². The highest BCUT2D eigenvalue weighted by molar-refractivity contribution is 7.89. The second-order valence-electron chi connectivity index (χ2n) is 8.36. The molecule has 1 aliphatic heterocycles. The molecular formula is C27H31ClN2O3S. The summed E-state index contributed by atoms with van der Waals surface area (Å²) in [5.74, 6) is -0.278. The van der Waals surface area contributed by atoms with Gasteiger partial charge in [0.15, 0.2) is 0 Å². The van der Waals surface area contributed by atoms with Gasteiger partial charge in [0.1, 0.15) is 0 Å². The van der Waals surface area contributed by atoms with Gasteiger partial charge in [-0.3, -0.25) is 4.79 Å². The van der Waals surface area contributed by atoms with Crippen LogP contribution in [0.1, 0.15) is 30.9 Å². The number of nitrogens with zero attached hydrogens (tertiary/aromatic N) is 2. The lowest BCUT2D eigenvalue weighted by molar-refractivity contribution is -0.115. The number of allylic oxidation sites excluding steroid dienone is 2. The van der Waals surface area contributed by atoms with Crippen molar-refractivity contribution in [1.29, 1.82) is 0 Å². The monoisotopic (exact) mass is 498 g/mol. The Labute approximate surface area is 208 Å². The smallest absolute Gasteiger partial charge is 0.260 e. The molecule has 0 aromatic heterocycles. The zero-order chi connectivity index (χ0) is 24.9. The number of hydrogen-bond donors (Lipinski definition) is 0. The van der Waals surface area contributed by atoms with Crippen LogP contribution in [0.5, 0.6) is 0 Å². The second-order valence-corrected chi connectivity index (χ2v) is 10.8. The standard InChI is InChI=1S/C27H31ClN2O3S/c1-5-7-26(21(4)28)27(31)30(23-12-8-20(3)9-13-23)24-16-18-29(19-17-24)34(32,33)25-14-10-22(6-2)11-15-25/h5,7-15,24H,1,4,6,16-19H2,2-3H3/b26-7+. The van der Waals surface area contributed by atoms with Crippen LogP contribution in [-0.2, 0) is 21.2 Å². The SMILES string of the molecule is C=C/C=C(\C(=C)Cl)C(=O)N(c1ccc(C)cc1)C1CCN(S(=O)(=O)c2ccc(CC)cc2)CC1. The number of carbonyl (C=O) groups excluding carboxylic acids is 1. The van der Waals surface area contributed by atoms with Gasteiger partial charge < -0.3 is 4.90 Å². The fourth-order valence-corrected chi connectivity index (χ4v) is 5.73. The van der Waals surface area contributed by atoms with Gasteiger partial charge in [0, 0.05) is 29.9 Å². The van der Waals surface area contributed by atoms with Crippen LogP contribution < -0.4 is 4.90 Å². The molecule has 1 heterocycles. The van der Waals surface area contributed by atoms with E-state index in [9.17, 15) is 13.2 Å². The van der Waals surface area contributed by atoms with Crippen molar-refractivity contribution in [1.82, 2.24) is 4.31 Å². The number of amides is 1. The Bertz CT molecular complexity index is 1180. The van der Waals surface area contributed by atoms with Crippen LogP contribution in [0.3, 0.4) is 0 Å². The van der Waals surface area contributed by atoms with E-state index in [1.54, 1.807) is 23.1 Å². The first-order valence-electron chi connectivity index (χ1n) is 11.4. The lowest BCUT2D eigenvalue weighted by atomic mass is 10.0.